The third-order valence-electron chi connectivity index (χ3n) is 9.78. The first-order valence-electron chi connectivity index (χ1n) is 21.2. The van der Waals surface area contributed by atoms with Gasteiger partial charge in [0.1, 0.15) is 0 Å². The van der Waals surface area contributed by atoms with Crippen molar-refractivity contribution in [3.8, 4) is 0 Å². The van der Waals surface area contributed by atoms with Gasteiger partial charge in [0, 0.05) is 39.9 Å². The van der Waals surface area contributed by atoms with Crippen molar-refractivity contribution < 1.29 is 4.11 Å². The second-order valence-electron chi connectivity index (χ2n) is 15.4. The second kappa shape index (κ2) is 17.9. The summed E-state index contributed by atoms with van der Waals surface area (Å²) >= 11 is 0. The lowest BCUT2D eigenvalue weighted by atomic mass is 10.1. The fourth-order valence-electron chi connectivity index (χ4n) is 7.51. The van der Waals surface area contributed by atoms with Gasteiger partial charge in [-0.2, -0.15) is 29.9 Å². The average Bonchev–Trinajstić information content (AvgIpc) is 3.14. The third-order valence-corrected chi connectivity index (χ3v) is 9.78. The summed E-state index contributed by atoms with van der Waals surface area (Å²) in [6.07, 6.45) is -1.16. The maximum absolute atomic E-state index is 8.99. The maximum atomic E-state index is 8.99. The van der Waals surface area contributed by atoms with Gasteiger partial charge in [-0.1, -0.05) is 70.8 Å². The first kappa shape index (κ1) is 37.3. The topological polar surface area (TPSA) is 150 Å². The summed E-state index contributed by atoms with van der Waals surface area (Å²) < 4.78 is 26.9. The summed E-state index contributed by atoms with van der Waals surface area (Å²) in [6.45, 7) is 22.4. The van der Waals surface area contributed by atoms with Gasteiger partial charge in [0.2, 0.25) is 35.7 Å². The van der Waals surface area contributed by atoms with Crippen LogP contribution in [0.15, 0.2) is 48.5 Å². The molecular formula is C46H58N12. The molecule has 0 fully saturated rings. The molecule has 2 aromatic heterocycles. The molecule has 6 aromatic rings. The van der Waals surface area contributed by atoms with Gasteiger partial charge in [-0.05, 0) is 140 Å². The van der Waals surface area contributed by atoms with Crippen LogP contribution >= 0.6 is 0 Å². The smallest absolute Gasteiger partial charge is 0.233 e. The highest BCUT2D eigenvalue weighted by Gasteiger charge is 2.15. The van der Waals surface area contributed by atoms with E-state index in [1.54, 1.807) is 0 Å². The normalized spacial score (nSPS) is 12.6. The van der Waals surface area contributed by atoms with Crippen LogP contribution in [0.3, 0.4) is 0 Å². The first-order valence-corrected chi connectivity index (χ1v) is 19.6. The van der Waals surface area contributed by atoms with Gasteiger partial charge in [0.15, 0.2) is 0 Å². The van der Waals surface area contributed by atoms with E-state index in [1.807, 2.05) is 69.2 Å². The summed E-state index contributed by atoms with van der Waals surface area (Å²) in [5.41, 5.74) is 16.4. The van der Waals surface area contributed by atoms with Crippen molar-refractivity contribution in [3.63, 3.8) is 0 Å². The van der Waals surface area contributed by atoms with Crippen LogP contribution in [0.25, 0.3) is 0 Å². The third kappa shape index (κ3) is 10.4. The molecule has 0 aliphatic carbocycles. The van der Waals surface area contributed by atoms with Gasteiger partial charge in [-0.3, -0.25) is 0 Å². The molecule has 0 amide bonds. The lowest BCUT2D eigenvalue weighted by molar-refractivity contribution is 0.784. The number of hydrogen-bond donors (Lipinski definition) is 6. The molecule has 2 heterocycles. The predicted molar refractivity (Wildman–Crippen MR) is 242 cm³/mol. The minimum Gasteiger partial charge on any atom is -0.354 e. The van der Waals surface area contributed by atoms with Gasteiger partial charge in [-0.25, -0.2) is 0 Å². The molecule has 0 aliphatic heterocycles. The van der Waals surface area contributed by atoms with E-state index in [9.17, 15) is 0 Å². The molecule has 6 rings (SSSR count). The summed E-state index contributed by atoms with van der Waals surface area (Å²) in [5, 5.41) is 19.5. The molecule has 1 unspecified atom stereocenters. The largest absolute Gasteiger partial charge is 0.354 e. The Morgan fingerprint density at radius 1 is 0.362 bits per heavy atom. The van der Waals surface area contributed by atoms with Gasteiger partial charge in [0.05, 0.1) is 0 Å². The number of anilines is 10. The van der Waals surface area contributed by atoms with Crippen molar-refractivity contribution in [1.82, 2.24) is 29.9 Å². The SMILES string of the molecule is [3H]C(CCNc1nc(Nc2c(C)cc(C)cc2C)nc(Nc2c(C)cc(C)cc2C)n1)C([3H])([3H])Nc1nc(Nc2c(C)cc(C)cc2C)nc(Nc2c(C)cc(C)cc2C)n1. The highest BCUT2D eigenvalue weighted by Crippen LogP contribution is 2.30. The second-order valence-corrected chi connectivity index (χ2v) is 15.4. The molecule has 0 bridgehead atoms. The van der Waals surface area contributed by atoms with Crippen LogP contribution in [-0.4, -0.2) is 42.9 Å². The number of benzene rings is 4. The van der Waals surface area contributed by atoms with E-state index in [0.29, 0.717) is 11.9 Å². The molecule has 1 atom stereocenters. The van der Waals surface area contributed by atoms with E-state index < -0.39 is 12.9 Å². The molecule has 0 saturated carbocycles. The zero-order valence-corrected chi connectivity index (χ0v) is 35.8. The van der Waals surface area contributed by atoms with Crippen molar-refractivity contribution in [2.75, 3.05) is 44.9 Å². The first-order chi connectivity index (χ1) is 28.7. The van der Waals surface area contributed by atoms with E-state index in [0.717, 1.165) is 89.5 Å². The van der Waals surface area contributed by atoms with Crippen LogP contribution in [0.2, 0.25) is 0 Å². The Morgan fingerprint density at radius 3 is 0.879 bits per heavy atom. The molecule has 58 heavy (non-hydrogen) atoms. The van der Waals surface area contributed by atoms with Gasteiger partial charge in [-0.15, -0.1) is 0 Å². The zero-order chi connectivity index (χ0) is 44.3. The number of hydrogen-bond acceptors (Lipinski definition) is 12. The number of aromatic nitrogens is 6. The summed E-state index contributed by atoms with van der Waals surface area (Å²) in [5.74, 6) is 1.39. The molecule has 6 N–H and O–H groups in total. The molecule has 302 valence electrons. The molecule has 0 saturated heterocycles. The quantitative estimate of drug-likeness (QED) is 0.0588. The van der Waals surface area contributed by atoms with Crippen LogP contribution in [0.4, 0.5) is 58.4 Å². The average molecular weight is 785 g/mol. The van der Waals surface area contributed by atoms with Crippen molar-refractivity contribution in [1.29, 1.82) is 0 Å². The minimum atomic E-state index is -2.25. The van der Waals surface area contributed by atoms with Crippen molar-refractivity contribution >= 4 is 58.4 Å². The Bertz CT molecular complexity index is 2350. The van der Waals surface area contributed by atoms with Crippen LogP contribution in [0.5, 0.6) is 0 Å². The molecule has 0 aliphatic rings. The Kier molecular flexibility index (Phi) is 11.5. The van der Waals surface area contributed by atoms with Gasteiger partial charge in [0.25, 0.3) is 0 Å². The number of rotatable bonds is 15. The lowest BCUT2D eigenvalue weighted by Gasteiger charge is -2.17. The van der Waals surface area contributed by atoms with Crippen LogP contribution in [-0.2, 0) is 0 Å². The highest BCUT2D eigenvalue weighted by molar-refractivity contribution is 5.69. The fourth-order valence-corrected chi connectivity index (χ4v) is 7.51. The van der Waals surface area contributed by atoms with Crippen molar-refractivity contribution in [2.45, 2.75) is 95.9 Å². The molecule has 12 nitrogen and oxygen atoms in total. The van der Waals surface area contributed by atoms with E-state index in [1.165, 1.54) is 0 Å². The summed E-state index contributed by atoms with van der Waals surface area (Å²) in [4.78, 5) is 28.0. The van der Waals surface area contributed by atoms with Gasteiger partial charge >= 0.3 is 0 Å². The highest BCUT2D eigenvalue weighted by atomic mass is 15.3. The lowest BCUT2D eigenvalue weighted by Crippen LogP contribution is -2.14. The Hall–Kier alpha value is -6.30. The van der Waals surface area contributed by atoms with E-state index in [-0.39, 0.29) is 36.8 Å². The van der Waals surface area contributed by atoms with Crippen LogP contribution < -0.4 is 31.9 Å². The van der Waals surface area contributed by atoms with Crippen LogP contribution in [0.1, 0.15) is 83.7 Å². The molecule has 12 heteroatoms. The number of aryl methyl sites for hydroxylation is 12. The monoisotopic (exact) mass is 785 g/mol. The van der Waals surface area contributed by atoms with E-state index in [4.69, 9.17) is 14.1 Å². The fraction of sp³-hybridized carbons (Fsp3) is 0.348. The predicted octanol–water partition coefficient (Wildman–Crippen LogP) is 11.0. The maximum Gasteiger partial charge on any atom is 0.233 e. The summed E-state index contributed by atoms with van der Waals surface area (Å²) in [7, 11) is 0. The molecule has 0 spiro atoms. The van der Waals surface area contributed by atoms with Crippen molar-refractivity contribution in [3.05, 3.63) is 115 Å². The van der Waals surface area contributed by atoms with E-state index in [2.05, 4.69) is 114 Å². The molecular weight excluding hydrogens is 721 g/mol. The Labute approximate surface area is 347 Å². The Balaban J connectivity index is 1.23. The van der Waals surface area contributed by atoms with Crippen molar-refractivity contribution in [2.24, 2.45) is 0 Å². The zero-order valence-electron chi connectivity index (χ0n) is 38.8. The summed E-state index contributed by atoms with van der Waals surface area (Å²) in [6, 6.07) is 16.7. The molecule has 0 radical (unpaired) electrons. The minimum absolute atomic E-state index is 0.0210. The number of nitrogens with zero attached hydrogens (tertiary/aromatic N) is 6. The number of nitrogens with one attached hydrogen (secondary N) is 6. The molecule has 4 aromatic carbocycles. The van der Waals surface area contributed by atoms with E-state index >= 15 is 0 Å². The van der Waals surface area contributed by atoms with Crippen LogP contribution in [0, 0.1) is 83.1 Å². The standard InChI is InChI=1S/C46H58N12/c1-25-17-29(5)37(30(6)18-25)49-43-53-41(54-44(57-43)50-38-31(7)19-26(2)20-32(38)8)47-15-13-14-16-48-42-55-45(51-39-33(9)21-27(3)22-34(39)10)58-46(56-42)52-40-35(11)23-28(4)24-36(40)12/h17-24H,13-16H2,1-12H3,(H3,47,49,50,53,54,57)(H3,48,51,52,55,56,58)/i13T,15T2. The Morgan fingerprint density at radius 2 is 0.603 bits per heavy atom. The van der Waals surface area contributed by atoms with Gasteiger partial charge < -0.3 is 31.9 Å².